The molecule has 7 heteroatoms. The molecular formula is C11H14F3N3O. The molecule has 0 radical (unpaired) electrons. The Hall–Kier alpha value is -1.37. The van der Waals surface area contributed by atoms with E-state index >= 15 is 0 Å². The zero-order valence-electron chi connectivity index (χ0n) is 9.70. The zero-order chi connectivity index (χ0) is 13.0. The van der Waals surface area contributed by atoms with Crippen LogP contribution in [0.1, 0.15) is 24.5 Å². The number of nitrogens with one attached hydrogen (secondary N) is 1. The van der Waals surface area contributed by atoms with Crippen LogP contribution < -0.4 is 5.32 Å². The Morgan fingerprint density at radius 3 is 2.67 bits per heavy atom. The van der Waals surface area contributed by atoms with Crippen LogP contribution >= 0.6 is 0 Å². The lowest BCUT2D eigenvalue weighted by Crippen LogP contribution is -2.22. The molecule has 0 aromatic carbocycles. The van der Waals surface area contributed by atoms with E-state index in [1.807, 2.05) is 0 Å². The third kappa shape index (κ3) is 3.83. The molecule has 2 heterocycles. The molecule has 0 amide bonds. The van der Waals surface area contributed by atoms with Crippen molar-refractivity contribution in [3.8, 4) is 0 Å². The van der Waals surface area contributed by atoms with Crippen molar-refractivity contribution in [3.05, 3.63) is 18.1 Å². The van der Waals surface area contributed by atoms with Gasteiger partial charge in [-0.2, -0.15) is 13.2 Å². The molecule has 2 rings (SSSR count). The van der Waals surface area contributed by atoms with Gasteiger partial charge in [0.05, 0.1) is 0 Å². The first kappa shape index (κ1) is 13.1. The summed E-state index contributed by atoms with van der Waals surface area (Å²) in [6.07, 6.45) is -1.27. The maximum Gasteiger partial charge on any atom is 0.405 e. The van der Waals surface area contributed by atoms with Crippen LogP contribution in [0.25, 0.3) is 0 Å². The number of aromatic nitrogens is 2. The number of rotatable bonds is 3. The van der Waals surface area contributed by atoms with Crippen molar-refractivity contribution in [2.75, 3.05) is 25.1 Å². The van der Waals surface area contributed by atoms with E-state index in [0.717, 1.165) is 18.5 Å². The lowest BCUT2D eigenvalue weighted by Gasteiger charge is -2.21. The minimum Gasteiger partial charge on any atom is -0.381 e. The summed E-state index contributed by atoms with van der Waals surface area (Å²) in [7, 11) is 0. The number of ether oxygens (including phenoxy) is 1. The minimum atomic E-state index is -4.25. The first-order chi connectivity index (χ1) is 8.54. The normalized spacial score (nSPS) is 17.7. The van der Waals surface area contributed by atoms with E-state index in [9.17, 15) is 13.2 Å². The molecule has 1 N–H and O–H groups in total. The molecule has 0 saturated carbocycles. The summed E-state index contributed by atoms with van der Waals surface area (Å²) in [6, 6.07) is 1.59. The molecule has 1 aromatic rings. The predicted molar refractivity (Wildman–Crippen MR) is 59.4 cm³/mol. The van der Waals surface area contributed by atoms with Gasteiger partial charge in [-0.25, -0.2) is 9.97 Å². The number of nitrogens with zero attached hydrogens (tertiary/aromatic N) is 2. The van der Waals surface area contributed by atoms with Gasteiger partial charge < -0.3 is 10.1 Å². The van der Waals surface area contributed by atoms with Crippen molar-refractivity contribution < 1.29 is 17.9 Å². The van der Waals surface area contributed by atoms with Gasteiger partial charge in [-0.15, -0.1) is 0 Å². The largest absolute Gasteiger partial charge is 0.405 e. The Morgan fingerprint density at radius 2 is 2.00 bits per heavy atom. The van der Waals surface area contributed by atoms with Crippen molar-refractivity contribution in [1.82, 2.24) is 9.97 Å². The summed E-state index contributed by atoms with van der Waals surface area (Å²) in [5.74, 6) is 0.456. The molecule has 1 aromatic heterocycles. The second-order valence-electron chi connectivity index (χ2n) is 4.18. The molecule has 4 nitrogen and oxygen atoms in total. The third-order valence-electron chi connectivity index (χ3n) is 2.80. The van der Waals surface area contributed by atoms with Gasteiger partial charge in [0.2, 0.25) is 0 Å². The number of hydrogen-bond donors (Lipinski definition) is 1. The van der Waals surface area contributed by atoms with Crippen LogP contribution in [0.2, 0.25) is 0 Å². The number of alkyl halides is 3. The highest BCUT2D eigenvalue weighted by Crippen LogP contribution is 2.26. The van der Waals surface area contributed by atoms with E-state index < -0.39 is 12.7 Å². The molecule has 0 aliphatic carbocycles. The van der Waals surface area contributed by atoms with Gasteiger partial charge in [-0.3, -0.25) is 0 Å². The second kappa shape index (κ2) is 5.51. The summed E-state index contributed by atoms with van der Waals surface area (Å²) in [5.41, 5.74) is 0.776. The molecule has 1 saturated heterocycles. The minimum absolute atomic E-state index is 0.212. The Balaban J connectivity index is 2.00. The quantitative estimate of drug-likeness (QED) is 0.907. The van der Waals surface area contributed by atoms with E-state index in [1.54, 1.807) is 6.07 Å². The molecule has 100 valence electrons. The first-order valence-corrected chi connectivity index (χ1v) is 5.75. The monoisotopic (exact) mass is 261 g/mol. The van der Waals surface area contributed by atoms with Crippen molar-refractivity contribution in [2.24, 2.45) is 0 Å². The van der Waals surface area contributed by atoms with Gasteiger partial charge >= 0.3 is 6.18 Å². The van der Waals surface area contributed by atoms with Gasteiger partial charge in [0, 0.05) is 30.9 Å². The summed E-state index contributed by atoms with van der Waals surface area (Å²) < 4.78 is 41.5. The average Bonchev–Trinajstić information content (AvgIpc) is 2.37. The first-order valence-electron chi connectivity index (χ1n) is 5.75. The Kier molecular flexibility index (Phi) is 4.00. The number of halogens is 3. The fraction of sp³-hybridized carbons (Fsp3) is 0.636. The third-order valence-corrected chi connectivity index (χ3v) is 2.80. The highest BCUT2D eigenvalue weighted by Gasteiger charge is 2.27. The summed E-state index contributed by atoms with van der Waals surface area (Å²) in [6.45, 7) is 0.247. The highest BCUT2D eigenvalue weighted by molar-refractivity contribution is 5.36. The highest BCUT2D eigenvalue weighted by atomic mass is 19.4. The fourth-order valence-electron chi connectivity index (χ4n) is 1.88. The van der Waals surface area contributed by atoms with Crippen molar-refractivity contribution in [2.45, 2.75) is 24.9 Å². The van der Waals surface area contributed by atoms with Crippen LogP contribution in [0.3, 0.4) is 0 Å². The fourth-order valence-corrected chi connectivity index (χ4v) is 1.88. The summed E-state index contributed by atoms with van der Waals surface area (Å²) >= 11 is 0. The van der Waals surface area contributed by atoms with Crippen molar-refractivity contribution in [3.63, 3.8) is 0 Å². The molecule has 0 atom stereocenters. The van der Waals surface area contributed by atoms with E-state index in [2.05, 4.69) is 15.3 Å². The molecule has 1 fully saturated rings. The van der Waals surface area contributed by atoms with Crippen LogP contribution in [0.15, 0.2) is 12.4 Å². The average molecular weight is 261 g/mol. The lowest BCUT2D eigenvalue weighted by molar-refractivity contribution is -0.115. The zero-order valence-corrected chi connectivity index (χ0v) is 9.70. The summed E-state index contributed by atoms with van der Waals surface area (Å²) in [5, 5.41) is 2.26. The molecule has 0 bridgehead atoms. The number of anilines is 1. The van der Waals surface area contributed by atoms with Crippen LogP contribution in [-0.4, -0.2) is 35.9 Å². The molecule has 18 heavy (non-hydrogen) atoms. The molecule has 0 spiro atoms. The molecule has 1 aliphatic rings. The lowest BCUT2D eigenvalue weighted by atomic mass is 9.96. The van der Waals surface area contributed by atoms with Crippen LogP contribution in [0.4, 0.5) is 19.0 Å². The smallest absolute Gasteiger partial charge is 0.381 e. The van der Waals surface area contributed by atoms with Gasteiger partial charge in [0.15, 0.2) is 0 Å². The maximum atomic E-state index is 12.1. The molecular weight excluding hydrogens is 247 g/mol. The van der Waals surface area contributed by atoms with Gasteiger partial charge in [0.25, 0.3) is 0 Å². The molecule has 1 aliphatic heterocycles. The van der Waals surface area contributed by atoms with E-state index in [0.29, 0.717) is 13.2 Å². The van der Waals surface area contributed by atoms with Crippen LogP contribution in [-0.2, 0) is 4.74 Å². The van der Waals surface area contributed by atoms with Gasteiger partial charge in [-0.05, 0) is 12.8 Å². The SMILES string of the molecule is FC(F)(F)CNc1cc(C2CCOCC2)ncn1. The van der Waals surface area contributed by atoms with Crippen LogP contribution in [0.5, 0.6) is 0 Å². The van der Waals surface area contributed by atoms with Gasteiger partial charge in [0.1, 0.15) is 18.7 Å². The Morgan fingerprint density at radius 1 is 1.28 bits per heavy atom. The topological polar surface area (TPSA) is 47.0 Å². The van der Waals surface area contributed by atoms with E-state index in [4.69, 9.17) is 4.74 Å². The molecule has 0 unspecified atom stereocenters. The predicted octanol–water partition coefficient (Wildman–Crippen LogP) is 2.34. The Bertz CT molecular complexity index is 391. The van der Waals surface area contributed by atoms with Crippen molar-refractivity contribution >= 4 is 5.82 Å². The Labute approximate surface area is 103 Å². The number of hydrogen-bond acceptors (Lipinski definition) is 4. The second-order valence-corrected chi connectivity index (χ2v) is 4.18. The van der Waals surface area contributed by atoms with E-state index in [1.165, 1.54) is 6.33 Å². The standard InChI is InChI=1S/C11H14F3N3O/c12-11(13,14)6-15-10-5-9(16-7-17-10)8-1-3-18-4-2-8/h5,7-8H,1-4,6H2,(H,15,16,17). The van der Waals surface area contributed by atoms with Crippen LogP contribution in [0, 0.1) is 0 Å². The summed E-state index contributed by atoms with van der Waals surface area (Å²) in [4.78, 5) is 7.90. The maximum absolute atomic E-state index is 12.1. The van der Waals surface area contributed by atoms with Gasteiger partial charge in [-0.1, -0.05) is 0 Å². The van der Waals surface area contributed by atoms with Crippen molar-refractivity contribution in [1.29, 1.82) is 0 Å². The van der Waals surface area contributed by atoms with E-state index in [-0.39, 0.29) is 11.7 Å².